The van der Waals surface area contributed by atoms with Crippen LogP contribution in [-0.2, 0) is 20.3 Å². The van der Waals surface area contributed by atoms with Gasteiger partial charge in [-0.3, -0.25) is 14.3 Å². The molecule has 2 N–H and O–H groups in total. The molecule has 1 aromatic carbocycles. The number of ether oxygens (including phenoxy) is 1. The van der Waals surface area contributed by atoms with Crippen molar-refractivity contribution in [2.24, 2.45) is 7.05 Å². The van der Waals surface area contributed by atoms with Crippen molar-refractivity contribution in [2.75, 3.05) is 5.32 Å². The molecule has 10 nitrogen and oxygen atoms in total. The van der Waals surface area contributed by atoms with Crippen molar-refractivity contribution in [3.8, 4) is 5.75 Å². The second kappa shape index (κ2) is 9.92. The SMILES string of the molecule is Cn1ncc(NC(=O)c2ccn(COc3ccc(Br)cc3Cl)n2)c1C(=O)NCc1ccco1. The highest BCUT2D eigenvalue weighted by atomic mass is 79.9. The zero-order valence-corrected chi connectivity index (χ0v) is 19.6. The van der Waals surface area contributed by atoms with Crippen LogP contribution in [0.15, 0.2) is 63.9 Å². The van der Waals surface area contributed by atoms with Crippen LogP contribution < -0.4 is 15.4 Å². The summed E-state index contributed by atoms with van der Waals surface area (Å²) in [6, 6.07) is 10.3. The third kappa shape index (κ3) is 5.44. The van der Waals surface area contributed by atoms with E-state index in [4.69, 9.17) is 20.8 Å². The van der Waals surface area contributed by atoms with Crippen molar-refractivity contribution in [2.45, 2.75) is 13.3 Å². The van der Waals surface area contributed by atoms with Gasteiger partial charge < -0.3 is 19.8 Å². The number of furan rings is 1. The van der Waals surface area contributed by atoms with Gasteiger partial charge in [0.2, 0.25) is 0 Å². The van der Waals surface area contributed by atoms with Crippen LogP contribution in [0.25, 0.3) is 0 Å². The van der Waals surface area contributed by atoms with Crippen molar-refractivity contribution in [3.05, 3.63) is 81.7 Å². The molecule has 12 heteroatoms. The van der Waals surface area contributed by atoms with E-state index < -0.39 is 11.8 Å². The molecule has 0 fully saturated rings. The number of aryl methyl sites for hydroxylation is 1. The second-order valence-electron chi connectivity index (χ2n) is 6.84. The number of carbonyl (C=O) groups excluding carboxylic acids is 2. The molecule has 0 atom stereocenters. The molecule has 4 rings (SSSR count). The molecule has 0 spiro atoms. The Balaban J connectivity index is 1.39. The van der Waals surface area contributed by atoms with Crippen LogP contribution in [0.5, 0.6) is 5.75 Å². The molecule has 0 aliphatic heterocycles. The van der Waals surface area contributed by atoms with Gasteiger partial charge in [-0.2, -0.15) is 10.2 Å². The van der Waals surface area contributed by atoms with Crippen LogP contribution in [-0.4, -0.2) is 31.4 Å². The van der Waals surface area contributed by atoms with Crippen molar-refractivity contribution >= 4 is 45.0 Å². The molecule has 4 aromatic rings. The van der Waals surface area contributed by atoms with Crippen LogP contribution in [0.3, 0.4) is 0 Å². The van der Waals surface area contributed by atoms with Crippen molar-refractivity contribution in [3.63, 3.8) is 0 Å². The first-order chi connectivity index (χ1) is 15.9. The van der Waals surface area contributed by atoms with Crippen LogP contribution in [0.2, 0.25) is 5.02 Å². The zero-order valence-electron chi connectivity index (χ0n) is 17.3. The van der Waals surface area contributed by atoms with E-state index in [-0.39, 0.29) is 30.4 Å². The number of hydrogen-bond donors (Lipinski definition) is 2. The standard InChI is InChI=1S/C21H18BrClN6O4/c1-28-19(21(31)24-10-14-3-2-8-32-14)17(11-25-28)26-20(30)16-6-7-29(27-16)12-33-18-5-4-13(22)9-15(18)23/h2-9,11H,10,12H2,1H3,(H,24,31)(H,26,30). The quantitative estimate of drug-likeness (QED) is 0.355. The number of halogens is 2. The van der Waals surface area contributed by atoms with E-state index >= 15 is 0 Å². The molecular formula is C21H18BrClN6O4. The maximum Gasteiger partial charge on any atom is 0.276 e. The van der Waals surface area contributed by atoms with Gasteiger partial charge in [0.1, 0.15) is 17.2 Å². The Morgan fingerprint density at radius 1 is 1.24 bits per heavy atom. The zero-order chi connectivity index (χ0) is 23.4. The van der Waals surface area contributed by atoms with Gasteiger partial charge in [0.05, 0.1) is 29.7 Å². The third-order valence-electron chi connectivity index (χ3n) is 4.52. The van der Waals surface area contributed by atoms with Crippen molar-refractivity contribution in [1.82, 2.24) is 24.9 Å². The van der Waals surface area contributed by atoms with Gasteiger partial charge in [0.15, 0.2) is 12.4 Å². The van der Waals surface area contributed by atoms with Crippen molar-refractivity contribution in [1.29, 1.82) is 0 Å². The fraction of sp³-hybridized carbons (Fsp3) is 0.143. The van der Waals surface area contributed by atoms with Crippen LogP contribution in [0, 0.1) is 0 Å². The number of hydrogen-bond acceptors (Lipinski definition) is 6. The predicted molar refractivity (Wildman–Crippen MR) is 123 cm³/mol. The summed E-state index contributed by atoms with van der Waals surface area (Å²) in [7, 11) is 1.61. The number of nitrogens with one attached hydrogen (secondary N) is 2. The fourth-order valence-corrected chi connectivity index (χ4v) is 3.66. The molecule has 3 heterocycles. The number of anilines is 1. The molecule has 0 aliphatic carbocycles. The number of aromatic nitrogens is 4. The minimum Gasteiger partial charge on any atom is -0.470 e. The Bertz CT molecular complexity index is 1280. The average molecular weight is 534 g/mol. The number of rotatable bonds is 8. The van der Waals surface area contributed by atoms with Gasteiger partial charge in [-0.15, -0.1) is 0 Å². The minimum atomic E-state index is -0.497. The lowest BCUT2D eigenvalue weighted by molar-refractivity contribution is 0.0939. The topological polar surface area (TPSA) is 116 Å². The molecule has 0 saturated carbocycles. The van der Waals surface area contributed by atoms with Crippen LogP contribution in [0.4, 0.5) is 5.69 Å². The largest absolute Gasteiger partial charge is 0.470 e. The highest BCUT2D eigenvalue weighted by molar-refractivity contribution is 9.10. The Kier molecular flexibility index (Phi) is 6.80. The number of benzene rings is 1. The van der Waals surface area contributed by atoms with E-state index in [1.807, 2.05) is 0 Å². The fourth-order valence-electron chi connectivity index (χ4n) is 2.93. The summed E-state index contributed by atoms with van der Waals surface area (Å²) >= 11 is 9.48. The molecule has 33 heavy (non-hydrogen) atoms. The molecule has 0 radical (unpaired) electrons. The molecule has 170 valence electrons. The van der Waals surface area contributed by atoms with E-state index in [1.54, 1.807) is 43.6 Å². The highest BCUT2D eigenvalue weighted by Crippen LogP contribution is 2.27. The molecule has 0 bridgehead atoms. The summed E-state index contributed by atoms with van der Waals surface area (Å²) in [6.45, 7) is 0.263. The summed E-state index contributed by atoms with van der Waals surface area (Å²) in [5, 5.41) is 14.1. The summed E-state index contributed by atoms with van der Waals surface area (Å²) in [4.78, 5) is 25.3. The predicted octanol–water partition coefficient (Wildman–Crippen LogP) is 3.84. The van der Waals surface area contributed by atoms with E-state index in [0.29, 0.717) is 16.5 Å². The van der Waals surface area contributed by atoms with E-state index in [0.717, 1.165) is 4.47 Å². The Morgan fingerprint density at radius 2 is 2.09 bits per heavy atom. The van der Waals surface area contributed by atoms with Gasteiger partial charge in [0, 0.05) is 17.7 Å². The summed E-state index contributed by atoms with van der Waals surface area (Å²) in [5.74, 6) is 0.186. The first-order valence-electron chi connectivity index (χ1n) is 9.66. The van der Waals surface area contributed by atoms with Gasteiger partial charge in [-0.05, 0) is 36.4 Å². The maximum absolute atomic E-state index is 12.7. The van der Waals surface area contributed by atoms with E-state index in [2.05, 4.69) is 36.8 Å². The van der Waals surface area contributed by atoms with Crippen molar-refractivity contribution < 1.29 is 18.7 Å². The Hall–Kier alpha value is -3.57. The first kappa shape index (κ1) is 22.6. The Labute approximate surface area is 201 Å². The summed E-state index contributed by atoms with van der Waals surface area (Å²) in [5.41, 5.74) is 0.598. The van der Waals surface area contributed by atoms with Gasteiger partial charge >= 0.3 is 0 Å². The molecule has 0 saturated heterocycles. The molecular weight excluding hydrogens is 516 g/mol. The van der Waals surface area contributed by atoms with Gasteiger partial charge in [-0.25, -0.2) is 4.68 Å². The monoisotopic (exact) mass is 532 g/mol. The van der Waals surface area contributed by atoms with E-state index in [9.17, 15) is 9.59 Å². The van der Waals surface area contributed by atoms with Crippen LogP contribution >= 0.6 is 27.5 Å². The second-order valence-corrected chi connectivity index (χ2v) is 8.16. The third-order valence-corrected chi connectivity index (χ3v) is 5.31. The first-order valence-corrected chi connectivity index (χ1v) is 10.8. The molecule has 0 aliphatic rings. The molecule has 3 aromatic heterocycles. The average Bonchev–Trinajstić information content (AvgIpc) is 3.53. The van der Waals surface area contributed by atoms with Gasteiger partial charge in [-0.1, -0.05) is 27.5 Å². The number of carbonyl (C=O) groups is 2. The molecule has 0 unspecified atom stereocenters. The van der Waals surface area contributed by atoms with E-state index in [1.165, 1.54) is 27.9 Å². The Morgan fingerprint density at radius 3 is 2.85 bits per heavy atom. The molecule has 2 amide bonds. The maximum atomic E-state index is 12.7. The minimum absolute atomic E-state index is 0.0575. The number of amides is 2. The van der Waals surface area contributed by atoms with Gasteiger partial charge in [0.25, 0.3) is 11.8 Å². The number of nitrogens with zero attached hydrogens (tertiary/aromatic N) is 4. The lowest BCUT2D eigenvalue weighted by atomic mass is 10.3. The smallest absolute Gasteiger partial charge is 0.276 e. The highest BCUT2D eigenvalue weighted by Gasteiger charge is 2.20. The summed E-state index contributed by atoms with van der Waals surface area (Å²) in [6.07, 6.45) is 4.52. The summed E-state index contributed by atoms with van der Waals surface area (Å²) < 4.78 is 14.5. The normalized spacial score (nSPS) is 10.8. The van der Waals surface area contributed by atoms with Crippen LogP contribution in [0.1, 0.15) is 26.7 Å². The lowest BCUT2D eigenvalue weighted by Crippen LogP contribution is -2.26. The lowest BCUT2D eigenvalue weighted by Gasteiger charge is -2.08.